The quantitative estimate of drug-likeness (QED) is 0.359. The van der Waals surface area contributed by atoms with Gasteiger partial charge in [-0.3, -0.25) is 0 Å². The predicted molar refractivity (Wildman–Crippen MR) is 122 cm³/mol. The molecule has 4 aromatic rings. The Hall–Kier alpha value is -3.28. The lowest BCUT2D eigenvalue weighted by Gasteiger charge is -2.29. The van der Waals surface area contributed by atoms with Crippen molar-refractivity contribution in [3.8, 4) is 11.3 Å². The third-order valence-electron chi connectivity index (χ3n) is 6.26. The van der Waals surface area contributed by atoms with Gasteiger partial charge in [-0.15, -0.1) is 5.10 Å². The molecule has 4 aromatic heterocycles. The summed E-state index contributed by atoms with van der Waals surface area (Å²) in [5.74, 6) is 0.950. The zero-order valence-electron chi connectivity index (χ0n) is 19.0. The number of aryl methyl sites for hydroxylation is 1. The number of fused-ring (bicyclic) bond motifs is 2. The molecule has 12 heteroatoms. The Morgan fingerprint density at radius 2 is 1.86 bits per heavy atom. The van der Waals surface area contributed by atoms with Crippen LogP contribution in [0.1, 0.15) is 31.5 Å². The van der Waals surface area contributed by atoms with Gasteiger partial charge in [0.2, 0.25) is 5.95 Å². The third kappa shape index (κ3) is 5.07. The van der Waals surface area contributed by atoms with Gasteiger partial charge in [-0.2, -0.15) is 0 Å². The molecule has 0 saturated heterocycles. The molecule has 0 atom stereocenters. The fraction of sp³-hybridized carbons (Fsp3) is 0.478. The normalized spacial score (nSPS) is 18.8. The van der Waals surface area contributed by atoms with Crippen LogP contribution in [0.5, 0.6) is 0 Å². The lowest BCUT2D eigenvalue weighted by Crippen LogP contribution is -2.31. The van der Waals surface area contributed by atoms with E-state index in [9.17, 15) is 17.6 Å². The minimum absolute atomic E-state index is 0.135. The molecule has 1 N–H and O–H groups in total. The molecule has 0 aromatic carbocycles. The number of aromatic nitrogens is 6. The van der Waals surface area contributed by atoms with Gasteiger partial charge in [0, 0.05) is 17.8 Å². The number of pyridine rings is 1. The van der Waals surface area contributed by atoms with Crippen molar-refractivity contribution in [2.24, 2.45) is 0 Å². The highest BCUT2D eigenvalue weighted by Crippen LogP contribution is 2.27. The van der Waals surface area contributed by atoms with Crippen LogP contribution in [-0.4, -0.2) is 60.7 Å². The monoisotopic (exact) mass is 491 g/mol. The van der Waals surface area contributed by atoms with E-state index in [1.807, 2.05) is 6.07 Å². The van der Waals surface area contributed by atoms with Gasteiger partial charge in [0.1, 0.15) is 17.9 Å². The maximum absolute atomic E-state index is 13.0. The molecular weight excluding hydrogens is 466 g/mol. The van der Waals surface area contributed by atoms with Crippen LogP contribution in [0.15, 0.2) is 30.6 Å². The molecule has 0 spiro atoms. The average Bonchev–Trinajstić information content (AvgIpc) is 3.38. The molecule has 0 amide bonds. The van der Waals surface area contributed by atoms with Crippen molar-refractivity contribution in [2.75, 3.05) is 11.9 Å². The molecule has 0 aliphatic heterocycles. The molecule has 5 rings (SSSR count). The van der Waals surface area contributed by atoms with Crippen LogP contribution < -0.4 is 5.32 Å². The topological polar surface area (TPSA) is 82.2 Å². The number of anilines is 1. The van der Waals surface area contributed by atoms with E-state index < -0.39 is 26.0 Å². The summed E-state index contributed by atoms with van der Waals surface area (Å²) >= 11 is 0. The molecule has 0 bridgehead atoms. The Labute approximate surface area is 198 Å². The zero-order chi connectivity index (χ0) is 24.5. The summed E-state index contributed by atoms with van der Waals surface area (Å²) < 4.78 is 59.1. The van der Waals surface area contributed by atoms with E-state index in [0.717, 1.165) is 23.9 Å². The minimum Gasteiger partial charge on any atom is -0.372 e. The lowest BCUT2D eigenvalue weighted by atomic mass is 9.93. The number of hydrogen-bond donors (Lipinski definition) is 1. The van der Waals surface area contributed by atoms with E-state index >= 15 is 0 Å². The van der Waals surface area contributed by atoms with Crippen LogP contribution in [0.3, 0.4) is 0 Å². The SMILES string of the molecule is Cc1nc2ccc(-c3ccn4nc(N[C@H]5CC[C@@H](OCC(F)F)CC5)ncc34)nc2n1CC(F)F. The van der Waals surface area contributed by atoms with Crippen molar-refractivity contribution in [1.29, 1.82) is 0 Å². The number of hydrogen-bond acceptors (Lipinski definition) is 6. The number of nitrogens with zero attached hydrogens (tertiary/aromatic N) is 6. The molecular formula is C23H25F4N7O. The standard InChI is InChI=1S/C23H25F4N7O/c1-13-29-18-7-6-17(31-22(18)33(13)11-20(24)25)16-8-9-34-19(16)10-28-23(32-34)30-14-2-4-15(5-3-14)35-12-21(26)27/h6-10,14-15,20-21H,2-5,11-12H2,1H3,(H,30,32)/t14-,15+. The number of nitrogens with one attached hydrogen (secondary N) is 1. The minimum atomic E-state index is -2.51. The smallest absolute Gasteiger partial charge is 0.261 e. The molecule has 4 heterocycles. The molecule has 35 heavy (non-hydrogen) atoms. The molecule has 186 valence electrons. The van der Waals surface area contributed by atoms with Gasteiger partial charge in [0.05, 0.1) is 30.1 Å². The molecule has 1 fully saturated rings. The van der Waals surface area contributed by atoms with Gasteiger partial charge in [-0.25, -0.2) is 37.0 Å². The Morgan fingerprint density at radius 1 is 1.06 bits per heavy atom. The first-order valence-corrected chi connectivity index (χ1v) is 11.5. The first-order valence-electron chi connectivity index (χ1n) is 11.5. The predicted octanol–water partition coefficient (Wildman–Crippen LogP) is 4.72. The van der Waals surface area contributed by atoms with Crippen molar-refractivity contribution >= 4 is 22.6 Å². The maximum atomic E-state index is 13.0. The number of alkyl halides is 4. The van der Waals surface area contributed by atoms with E-state index in [0.29, 0.717) is 41.5 Å². The van der Waals surface area contributed by atoms with Crippen molar-refractivity contribution in [3.63, 3.8) is 0 Å². The van der Waals surface area contributed by atoms with E-state index in [1.54, 1.807) is 36.0 Å². The van der Waals surface area contributed by atoms with Crippen molar-refractivity contribution in [3.05, 3.63) is 36.4 Å². The van der Waals surface area contributed by atoms with Gasteiger partial charge in [-0.1, -0.05) is 0 Å². The van der Waals surface area contributed by atoms with Crippen LogP contribution >= 0.6 is 0 Å². The van der Waals surface area contributed by atoms with E-state index in [4.69, 9.17) is 4.74 Å². The summed E-state index contributed by atoms with van der Waals surface area (Å²) in [5, 5.41) is 7.85. The number of halogens is 4. The third-order valence-corrected chi connectivity index (χ3v) is 6.26. The fourth-order valence-electron chi connectivity index (χ4n) is 4.57. The fourth-order valence-corrected chi connectivity index (χ4v) is 4.57. The summed E-state index contributed by atoms with van der Waals surface area (Å²) in [6.45, 7) is 0.699. The average molecular weight is 491 g/mol. The Balaban J connectivity index is 1.32. The van der Waals surface area contributed by atoms with Crippen LogP contribution in [0.25, 0.3) is 27.9 Å². The number of rotatable bonds is 8. The number of ether oxygens (including phenoxy) is 1. The molecule has 1 saturated carbocycles. The van der Waals surface area contributed by atoms with Gasteiger partial charge in [0.15, 0.2) is 5.65 Å². The summed E-state index contributed by atoms with van der Waals surface area (Å²) in [7, 11) is 0. The Kier molecular flexibility index (Phi) is 6.54. The summed E-state index contributed by atoms with van der Waals surface area (Å²) in [6.07, 6.45) is 1.36. The lowest BCUT2D eigenvalue weighted by molar-refractivity contribution is -0.0374. The van der Waals surface area contributed by atoms with Gasteiger partial charge in [0.25, 0.3) is 12.9 Å². The highest BCUT2D eigenvalue weighted by Gasteiger charge is 2.23. The van der Waals surface area contributed by atoms with E-state index in [1.165, 1.54) is 4.57 Å². The molecule has 1 aliphatic carbocycles. The second-order valence-corrected chi connectivity index (χ2v) is 8.68. The first-order chi connectivity index (χ1) is 16.9. The van der Waals surface area contributed by atoms with Crippen LogP contribution in [-0.2, 0) is 11.3 Å². The molecule has 1 aliphatic rings. The Bertz CT molecular complexity index is 1310. The van der Waals surface area contributed by atoms with E-state index in [2.05, 4.69) is 25.4 Å². The second-order valence-electron chi connectivity index (χ2n) is 8.68. The van der Waals surface area contributed by atoms with Crippen molar-refractivity contribution in [1.82, 2.24) is 29.1 Å². The second kappa shape index (κ2) is 9.76. The van der Waals surface area contributed by atoms with Gasteiger partial charge < -0.3 is 14.6 Å². The summed E-state index contributed by atoms with van der Waals surface area (Å²) in [4.78, 5) is 13.4. The molecule has 0 radical (unpaired) electrons. The number of imidazole rings is 1. The Morgan fingerprint density at radius 3 is 2.60 bits per heavy atom. The van der Waals surface area contributed by atoms with Crippen LogP contribution in [0.4, 0.5) is 23.5 Å². The van der Waals surface area contributed by atoms with Crippen LogP contribution in [0, 0.1) is 6.92 Å². The largest absolute Gasteiger partial charge is 0.372 e. The highest BCUT2D eigenvalue weighted by molar-refractivity contribution is 5.82. The molecule has 0 unspecified atom stereocenters. The van der Waals surface area contributed by atoms with Crippen molar-refractivity contribution in [2.45, 2.75) is 64.1 Å². The molecule has 8 nitrogen and oxygen atoms in total. The van der Waals surface area contributed by atoms with Gasteiger partial charge >= 0.3 is 0 Å². The van der Waals surface area contributed by atoms with Crippen LogP contribution in [0.2, 0.25) is 0 Å². The van der Waals surface area contributed by atoms with E-state index in [-0.39, 0.29) is 12.1 Å². The highest BCUT2D eigenvalue weighted by atomic mass is 19.3. The maximum Gasteiger partial charge on any atom is 0.261 e. The summed E-state index contributed by atoms with van der Waals surface area (Å²) in [6, 6.07) is 5.57. The first kappa shape index (κ1) is 23.5. The summed E-state index contributed by atoms with van der Waals surface area (Å²) in [5.41, 5.74) is 3.09. The van der Waals surface area contributed by atoms with Gasteiger partial charge in [-0.05, 0) is 50.8 Å². The zero-order valence-corrected chi connectivity index (χ0v) is 19.0. The van der Waals surface area contributed by atoms with Crippen molar-refractivity contribution < 1.29 is 22.3 Å².